The first kappa shape index (κ1) is 25.6. The molecule has 1 fully saturated rings. The number of ether oxygens (including phenoxy) is 2. The lowest BCUT2D eigenvalue weighted by Gasteiger charge is -2.29. The van der Waals surface area contributed by atoms with E-state index in [1.807, 2.05) is 45.0 Å². The van der Waals surface area contributed by atoms with Crippen LogP contribution in [0.2, 0.25) is 0 Å². The molecule has 2 aliphatic rings. The number of rotatable bonds is 7. The van der Waals surface area contributed by atoms with Crippen molar-refractivity contribution in [2.24, 2.45) is 0 Å². The molecule has 3 amide bonds. The zero-order chi connectivity index (χ0) is 25.1. The molecule has 2 heterocycles. The Hall–Kier alpha value is -2.53. The zero-order valence-corrected chi connectivity index (χ0v) is 22.9. The van der Waals surface area contributed by atoms with Gasteiger partial charge in [0.1, 0.15) is 6.54 Å². The van der Waals surface area contributed by atoms with Crippen molar-refractivity contribution >= 4 is 57.5 Å². The molecule has 0 radical (unpaired) electrons. The summed E-state index contributed by atoms with van der Waals surface area (Å²) in [4.78, 5) is 41.6. The minimum absolute atomic E-state index is 0.0176. The lowest BCUT2D eigenvalue weighted by Crippen LogP contribution is -2.44. The highest BCUT2D eigenvalue weighted by atomic mass is 127. The van der Waals surface area contributed by atoms with Gasteiger partial charge in [0.25, 0.3) is 11.1 Å². The second-order valence-corrected chi connectivity index (χ2v) is 10.7. The fourth-order valence-corrected chi connectivity index (χ4v) is 5.61. The van der Waals surface area contributed by atoms with Gasteiger partial charge in [-0.1, -0.05) is 24.3 Å². The summed E-state index contributed by atoms with van der Waals surface area (Å²) < 4.78 is 12.5. The summed E-state index contributed by atoms with van der Waals surface area (Å²) in [5.41, 5.74) is 3.06. The molecular weight excluding hydrogens is 579 g/mol. The Labute approximate surface area is 223 Å². The Morgan fingerprint density at radius 1 is 1.20 bits per heavy atom. The van der Waals surface area contributed by atoms with Crippen LogP contribution in [0.4, 0.5) is 4.79 Å². The molecular formula is C26H27IN2O5S. The van der Waals surface area contributed by atoms with Crippen LogP contribution in [0.15, 0.2) is 41.3 Å². The van der Waals surface area contributed by atoms with Crippen LogP contribution in [0, 0.1) is 3.57 Å². The van der Waals surface area contributed by atoms with Crippen molar-refractivity contribution < 1.29 is 23.9 Å². The molecule has 184 valence electrons. The predicted molar refractivity (Wildman–Crippen MR) is 144 cm³/mol. The van der Waals surface area contributed by atoms with Gasteiger partial charge in [0, 0.05) is 13.1 Å². The van der Waals surface area contributed by atoms with Gasteiger partial charge in [0.2, 0.25) is 5.91 Å². The number of halogens is 1. The van der Waals surface area contributed by atoms with E-state index in [9.17, 15) is 14.4 Å². The van der Waals surface area contributed by atoms with Crippen LogP contribution in [0.3, 0.4) is 0 Å². The first-order valence-electron chi connectivity index (χ1n) is 11.5. The van der Waals surface area contributed by atoms with Gasteiger partial charge in [-0.3, -0.25) is 19.3 Å². The predicted octanol–water partition coefficient (Wildman–Crippen LogP) is 5.10. The van der Waals surface area contributed by atoms with Crippen molar-refractivity contribution in [1.82, 2.24) is 9.80 Å². The summed E-state index contributed by atoms with van der Waals surface area (Å²) >= 11 is 3.02. The summed E-state index contributed by atoms with van der Waals surface area (Å²) in [5.74, 6) is 0.549. The van der Waals surface area contributed by atoms with Gasteiger partial charge in [-0.05, 0) is 96.4 Å². The third kappa shape index (κ3) is 5.83. The summed E-state index contributed by atoms with van der Waals surface area (Å²) in [5, 5.41) is -0.438. The third-order valence-electron chi connectivity index (χ3n) is 5.63. The number of amides is 3. The number of nitrogens with zero attached hydrogens (tertiary/aromatic N) is 2. The van der Waals surface area contributed by atoms with Crippen LogP contribution >= 0.6 is 34.4 Å². The zero-order valence-electron chi connectivity index (χ0n) is 19.9. The quantitative estimate of drug-likeness (QED) is 0.323. The number of carbonyl (C=O) groups excluding carboxylic acids is 3. The minimum atomic E-state index is -0.457. The van der Waals surface area contributed by atoms with E-state index in [-0.39, 0.29) is 23.5 Å². The summed E-state index contributed by atoms with van der Waals surface area (Å²) in [6, 6.07) is 11.7. The molecule has 0 unspecified atom stereocenters. The molecule has 7 nitrogen and oxygen atoms in total. The van der Waals surface area contributed by atoms with Crippen LogP contribution in [-0.2, 0) is 22.6 Å². The van der Waals surface area contributed by atoms with E-state index in [0.29, 0.717) is 31.2 Å². The van der Waals surface area contributed by atoms with Crippen molar-refractivity contribution in [3.8, 4) is 11.5 Å². The molecule has 0 atom stereocenters. The molecule has 2 aromatic rings. The summed E-state index contributed by atoms with van der Waals surface area (Å²) in [6.07, 6.45) is 2.41. The van der Waals surface area contributed by atoms with Crippen LogP contribution in [-0.4, -0.2) is 52.7 Å². The van der Waals surface area contributed by atoms with Crippen LogP contribution in [0.25, 0.3) is 6.08 Å². The lowest BCUT2D eigenvalue weighted by atomic mass is 10.00. The Kier molecular flexibility index (Phi) is 8.05. The lowest BCUT2D eigenvalue weighted by molar-refractivity contribution is -0.136. The highest BCUT2D eigenvalue weighted by Crippen LogP contribution is 2.38. The molecule has 2 aromatic carbocycles. The van der Waals surface area contributed by atoms with Crippen molar-refractivity contribution in [3.63, 3.8) is 0 Å². The van der Waals surface area contributed by atoms with E-state index in [4.69, 9.17) is 9.47 Å². The molecule has 0 saturated carbocycles. The summed E-state index contributed by atoms with van der Waals surface area (Å²) in [6.45, 7) is 7.05. The SMILES string of the molecule is CCOc1cc(/C=C2\SC(=O)N(CC(=O)N3CCc4ccccc4C3)C2=O)cc(I)c1OC(C)C. The van der Waals surface area contributed by atoms with E-state index in [1.165, 1.54) is 5.56 Å². The number of imide groups is 1. The molecule has 2 aliphatic heterocycles. The van der Waals surface area contributed by atoms with Crippen LogP contribution in [0.5, 0.6) is 11.5 Å². The smallest absolute Gasteiger partial charge is 0.294 e. The largest absolute Gasteiger partial charge is 0.490 e. The molecule has 0 aliphatic carbocycles. The van der Waals surface area contributed by atoms with Gasteiger partial charge in [0.05, 0.1) is 21.2 Å². The van der Waals surface area contributed by atoms with Gasteiger partial charge >= 0.3 is 0 Å². The Balaban J connectivity index is 1.49. The third-order valence-corrected chi connectivity index (χ3v) is 7.34. The van der Waals surface area contributed by atoms with Crippen LogP contribution in [0.1, 0.15) is 37.5 Å². The average molecular weight is 606 g/mol. The number of fused-ring (bicyclic) bond motifs is 1. The van der Waals surface area contributed by atoms with E-state index in [1.54, 1.807) is 17.0 Å². The normalized spacial score (nSPS) is 16.8. The maximum Gasteiger partial charge on any atom is 0.294 e. The first-order valence-corrected chi connectivity index (χ1v) is 13.4. The molecule has 0 aromatic heterocycles. The van der Waals surface area contributed by atoms with E-state index >= 15 is 0 Å². The Bertz CT molecular complexity index is 1200. The Morgan fingerprint density at radius 2 is 1.94 bits per heavy atom. The van der Waals surface area contributed by atoms with E-state index in [2.05, 4.69) is 28.7 Å². The minimum Gasteiger partial charge on any atom is -0.490 e. The summed E-state index contributed by atoms with van der Waals surface area (Å²) in [7, 11) is 0. The average Bonchev–Trinajstić information content (AvgIpc) is 3.08. The topological polar surface area (TPSA) is 76.2 Å². The standard InChI is InChI=1S/C26H27IN2O5S/c1-4-33-21-12-17(11-20(27)24(21)34-16(2)3)13-22-25(31)29(26(32)35-22)15-23(30)28-10-9-18-7-5-6-8-19(18)14-28/h5-8,11-13,16H,4,9-10,14-15H2,1-3H3/b22-13-. The fourth-order valence-electron chi connectivity index (χ4n) is 4.02. The van der Waals surface area contributed by atoms with E-state index in [0.717, 1.165) is 37.8 Å². The van der Waals surface area contributed by atoms with Gasteiger partial charge in [0.15, 0.2) is 11.5 Å². The molecule has 4 rings (SSSR count). The van der Waals surface area contributed by atoms with Crippen molar-refractivity contribution in [3.05, 3.63) is 61.6 Å². The van der Waals surface area contributed by atoms with Crippen molar-refractivity contribution in [2.75, 3.05) is 19.7 Å². The van der Waals surface area contributed by atoms with Crippen LogP contribution < -0.4 is 9.47 Å². The van der Waals surface area contributed by atoms with Gasteiger partial charge in [-0.15, -0.1) is 0 Å². The number of hydrogen-bond acceptors (Lipinski definition) is 6. The molecule has 1 saturated heterocycles. The maximum atomic E-state index is 13.0. The molecule has 35 heavy (non-hydrogen) atoms. The second kappa shape index (κ2) is 11.0. The number of carbonyl (C=O) groups is 3. The Morgan fingerprint density at radius 3 is 2.66 bits per heavy atom. The monoisotopic (exact) mass is 606 g/mol. The van der Waals surface area contributed by atoms with Gasteiger partial charge < -0.3 is 14.4 Å². The highest BCUT2D eigenvalue weighted by Gasteiger charge is 2.37. The molecule has 9 heteroatoms. The molecule has 0 spiro atoms. The van der Waals surface area contributed by atoms with Crippen molar-refractivity contribution in [2.45, 2.75) is 39.8 Å². The number of hydrogen-bond donors (Lipinski definition) is 0. The molecule has 0 bridgehead atoms. The van der Waals surface area contributed by atoms with Gasteiger partial charge in [-0.25, -0.2) is 0 Å². The fraction of sp³-hybridized carbons (Fsp3) is 0.346. The van der Waals surface area contributed by atoms with Crippen molar-refractivity contribution in [1.29, 1.82) is 0 Å². The van der Waals surface area contributed by atoms with E-state index < -0.39 is 11.1 Å². The first-order chi connectivity index (χ1) is 16.8. The second-order valence-electron chi connectivity index (χ2n) is 8.53. The maximum absolute atomic E-state index is 13.0. The highest BCUT2D eigenvalue weighted by molar-refractivity contribution is 14.1. The molecule has 0 N–H and O–H groups in total. The number of benzene rings is 2. The number of thioether (sulfide) groups is 1. The van der Waals surface area contributed by atoms with Gasteiger partial charge in [-0.2, -0.15) is 0 Å².